The molecule has 2 aromatic carbocycles. The predicted octanol–water partition coefficient (Wildman–Crippen LogP) is 2.12. The van der Waals surface area contributed by atoms with Crippen molar-refractivity contribution >= 4 is 21.6 Å². The van der Waals surface area contributed by atoms with Gasteiger partial charge < -0.3 is 4.74 Å². The smallest absolute Gasteiger partial charge is 0.416 e. The van der Waals surface area contributed by atoms with E-state index < -0.39 is 27.7 Å². The molecule has 0 aliphatic heterocycles. The first-order valence-electron chi connectivity index (χ1n) is 6.97. The molecule has 0 atom stereocenters. The van der Waals surface area contributed by atoms with Crippen LogP contribution in [-0.2, 0) is 16.2 Å². The van der Waals surface area contributed by atoms with E-state index in [0.717, 1.165) is 24.3 Å². The van der Waals surface area contributed by atoms with Crippen LogP contribution in [0.3, 0.4) is 0 Å². The molecule has 4 N–H and O–H groups in total. The molecule has 0 spiro atoms. The lowest BCUT2D eigenvalue weighted by Crippen LogP contribution is -2.30. The molecule has 0 bridgehead atoms. The number of methoxy groups -OCH3 is 1. The molecule has 0 fully saturated rings. The molecule has 0 aliphatic rings. The number of halogens is 3. The molecule has 0 aromatic heterocycles. The number of nitrogens with one attached hydrogen (secondary N) is 2. The van der Waals surface area contributed by atoms with Gasteiger partial charge in [0.2, 0.25) is 10.0 Å². The first-order valence-corrected chi connectivity index (χ1v) is 8.51. The number of carbonyl (C=O) groups is 1. The fraction of sp³-hybridized carbons (Fsp3) is 0.133. The van der Waals surface area contributed by atoms with Gasteiger partial charge in [-0.15, -0.1) is 0 Å². The maximum Gasteiger partial charge on any atom is 0.416 e. The van der Waals surface area contributed by atoms with E-state index in [-0.39, 0.29) is 21.9 Å². The third kappa shape index (κ3) is 4.64. The Morgan fingerprint density at radius 2 is 1.85 bits per heavy atom. The molecule has 0 radical (unpaired) electrons. The Morgan fingerprint density at radius 3 is 2.42 bits per heavy atom. The van der Waals surface area contributed by atoms with Gasteiger partial charge in [0.05, 0.1) is 28.8 Å². The van der Waals surface area contributed by atoms with Crippen LogP contribution in [0.1, 0.15) is 15.9 Å². The van der Waals surface area contributed by atoms with Crippen LogP contribution in [0.5, 0.6) is 5.75 Å². The second-order valence-corrected chi connectivity index (χ2v) is 6.63. The fourth-order valence-corrected chi connectivity index (χ4v) is 2.55. The average Bonchev–Trinajstić information content (AvgIpc) is 2.57. The number of hydrazine groups is 1. The van der Waals surface area contributed by atoms with Gasteiger partial charge in [-0.05, 0) is 36.4 Å². The van der Waals surface area contributed by atoms with Crippen molar-refractivity contribution in [2.45, 2.75) is 11.1 Å². The highest BCUT2D eigenvalue weighted by molar-refractivity contribution is 7.89. The number of hydrogen-bond acceptors (Lipinski definition) is 5. The van der Waals surface area contributed by atoms with Crippen LogP contribution >= 0.6 is 0 Å². The highest BCUT2D eigenvalue weighted by atomic mass is 32.2. The summed E-state index contributed by atoms with van der Waals surface area (Å²) in [6.07, 6.45) is -4.53. The van der Waals surface area contributed by atoms with Crippen LogP contribution in [0.15, 0.2) is 47.4 Å². The summed E-state index contributed by atoms with van der Waals surface area (Å²) in [5.41, 5.74) is 3.42. The summed E-state index contributed by atoms with van der Waals surface area (Å²) in [4.78, 5) is 11.9. The minimum absolute atomic E-state index is 0.0188. The second-order valence-electron chi connectivity index (χ2n) is 5.06. The summed E-state index contributed by atoms with van der Waals surface area (Å²) < 4.78 is 65.8. The summed E-state index contributed by atoms with van der Waals surface area (Å²) in [5.74, 6) is -0.773. The van der Waals surface area contributed by atoms with E-state index in [2.05, 4.69) is 10.9 Å². The standard InChI is InChI=1S/C15H14F3N3O4S/c1-25-13-6-5-11(26(19,23)24)8-12(13)14(22)21-20-10-4-2-3-9(7-10)15(16,17)18/h2-8,20H,1H3,(H,21,22)(H2,19,23,24). The molecule has 2 aromatic rings. The Bertz CT molecular complexity index is 930. The fourth-order valence-electron chi connectivity index (χ4n) is 2.01. The lowest BCUT2D eigenvalue weighted by atomic mass is 10.2. The van der Waals surface area contributed by atoms with Gasteiger partial charge >= 0.3 is 6.18 Å². The van der Waals surface area contributed by atoms with E-state index in [9.17, 15) is 26.4 Å². The van der Waals surface area contributed by atoms with E-state index in [1.54, 1.807) is 0 Å². The van der Waals surface area contributed by atoms with Crippen molar-refractivity contribution in [3.05, 3.63) is 53.6 Å². The SMILES string of the molecule is COc1ccc(S(N)(=O)=O)cc1C(=O)NNc1cccc(C(F)(F)F)c1. The van der Waals surface area contributed by atoms with Crippen molar-refractivity contribution in [2.24, 2.45) is 5.14 Å². The summed E-state index contributed by atoms with van der Waals surface area (Å²) in [6.45, 7) is 0. The average molecular weight is 389 g/mol. The summed E-state index contributed by atoms with van der Waals surface area (Å²) in [7, 11) is -2.79. The number of hydrogen-bond donors (Lipinski definition) is 3. The molecule has 11 heteroatoms. The van der Waals surface area contributed by atoms with Crippen LogP contribution < -0.4 is 20.7 Å². The first kappa shape index (κ1) is 19.5. The lowest BCUT2D eigenvalue weighted by Gasteiger charge is -2.13. The van der Waals surface area contributed by atoms with Gasteiger partial charge in [-0.2, -0.15) is 13.2 Å². The minimum Gasteiger partial charge on any atom is -0.496 e. The lowest BCUT2D eigenvalue weighted by molar-refractivity contribution is -0.137. The number of primary sulfonamides is 1. The van der Waals surface area contributed by atoms with Crippen molar-refractivity contribution in [3.63, 3.8) is 0 Å². The zero-order chi connectivity index (χ0) is 19.5. The second kappa shape index (κ2) is 7.22. The summed E-state index contributed by atoms with van der Waals surface area (Å²) in [6, 6.07) is 7.55. The molecule has 0 heterocycles. The predicted molar refractivity (Wildman–Crippen MR) is 86.9 cm³/mol. The number of sulfonamides is 1. The van der Waals surface area contributed by atoms with E-state index in [1.165, 1.54) is 25.3 Å². The topological polar surface area (TPSA) is 111 Å². The Kier molecular flexibility index (Phi) is 5.42. The van der Waals surface area contributed by atoms with Gasteiger partial charge in [0, 0.05) is 0 Å². The van der Waals surface area contributed by atoms with Crippen molar-refractivity contribution in [2.75, 3.05) is 12.5 Å². The zero-order valence-corrected chi connectivity index (χ0v) is 14.1. The van der Waals surface area contributed by atoms with Crippen LogP contribution in [-0.4, -0.2) is 21.4 Å². The Hall–Kier alpha value is -2.79. The maximum atomic E-state index is 12.7. The number of alkyl halides is 3. The number of benzene rings is 2. The molecular weight excluding hydrogens is 375 g/mol. The van der Waals surface area contributed by atoms with Crippen LogP contribution in [0.25, 0.3) is 0 Å². The minimum atomic E-state index is -4.53. The largest absolute Gasteiger partial charge is 0.496 e. The third-order valence-electron chi connectivity index (χ3n) is 3.25. The number of anilines is 1. The molecule has 26 heavy (non-hydrogen) atoms. The van der Waals surface area contributed by atoms with Crippen LogP contribution in [0.2, 0.25) is 0 Å². The van der Waals surface area contributed by atoms with Gasteiger partial charge in [-0.1, -0.05) is 6.07 Å². The first-order chi connectivity index (χ1) is 12.0. The Labute approximate surface area is 147 Å². The van der Waals surface area contributed by atoms with E-state index in [1.807, 2.05) is 0 Å². The van der Waals surface area contributed by atoms with E-state index in [4.69, 9.17) is 9.88 Å². The number of carbonyl (C=O) groups excluding carboxylic acids is 1. The van der Waals surface area contributed by atoms with Crippen molar-refractivity contribution < 1.29 is 31.1 Å². The zero-order valence-electron chi connectivity index (χ0n) is 13.3. The van der Waals surface area contributed by atoms with Crippen LogP contribution in [0, 0.1) is 0 Å². The third-order valence-corrected chi connectivity index (χ3v) is 4.17. The van der Waals surface area contributed by atoms with Gasteiger partial charge in [0.25, 0.3) is 5.91 Å². The van der Waals surface area contributed by atoms with Gasteiger partial charge in [-0.25, -0.2) is 13.6 Å². The van der Waals surface area contributed by atoms with Gasteiger partial charge in [0.1, 0.15) is 5.75 Å². The molecule has 0 unspecified atom stereocenters. The number of amides is 1. The summed E-state index contributed by atoms with van der Waals surface area (Å²) >= 11 is 0. The number of ether oxygens (including phenoxy) is 1. The van der Waals surface area contributed by atoms with Crippen molar-refractivity contribution in [1.82, 2.24) is 5.43 Å². The normalized spacial score (nSPS) is 11.7. The number of nitrogens with two attached hydrogens (primary N) is 1. The molecule has 2 rings (SSSR count). The molecule has 0 saturated heterocycles. The van der Waals surface area contributed by atoms with E-state index in [0.29, 0.717) is 0 Å². The molecule has 140 valence electrons. The quantitative estimate of drug-likeness (QED) is 0.679. The van der Waals surface area contributed by atoms with Crippen molar-refractivity contribution in [1.29, 1.82) is 0 Å². The Balaban J connectivity index is 2.23. The molecule has 0 aliphatic carbocycles. The van der Waals surface area contributed by atoms with E-state index >= 15 is 0 Å². The van der Waals surface area contributed by atoms with Gasteiger partial charge in [-0.3, -0.25) is 15.6 Å². The summed E-state index contributed by atoms with van der Waals surface area (Å²) in [5, 5.41) is 5.02. The molecular formula is C15H14F3N3O4S. The molecule has 1 amide bonds. The monoisotopic (exact) mass is 389 g/mol. The maximum absolute atomic E-state index is 12.7. The van der Waals surface area contributed by atoms with Crippen molar-refractivity contribution in [3.8, 4) is 5.75 Å². The Morgan fingerprint density at radius 1 is 1.15 bits per heavy atom. The van der Waals surface area contributed by atoms with Gasteiger partial charge in [0.15, 0.2) is 0 Å². The number of rotatable bonds is 5. The molecule has 0 saturated carbocycles. The highest BCUT2D eigenvalue weighted by Crippen LogP contribution is 2.30. The van der Waals surface area contributed by atoms with Crippen LogP contribution in [0.4, 0.5) is 18.9 Å². The molecule has 7 nitrogen and oxygen atoms in total. The highest BCUT2D eigenvalue weighted by Gasteiger charge is 2.30.